The Morgan fingerprint density at radius 1 is 0.878 bits per heavy atom. The molecule has 41 heavy (non-hydrogen) atoms. The molecule has 1 aliphatic heterocycles. The number of nitrogens with zero attached hydrogens (tertiary/aromatic N) is 1. The molecule has 0 radical (unpaired) electrons. The number of nitrogens with one attached hydrogen (secondary N) is 1. The molecule has 3 unspecified atom stereocenters. The molecule has 8 heteroatoms. The van der Waals surface area contributed by atoms with Gasteiger partial charge in [-0.15, -0.1) is 0 Å². The molecule has 1 heterocycles. The second kappa shape index (κ2) is 12.7. The van der Waals surface area contributed by atoms with Crippen molar-refractivity contribution in [2.45, 2.75) is 63.2 Å². The first-order valence-corrected chi connectivity index (χ1v) is 14.3. The molecule has 3 aromatic rings. The van der Waals surface area contributed by atoms with Gasteiger partial charge < -0.3 is 5.32 Å². The average molecular weight is 571 g/mol. The van der Waals surface area contributed by atoms with Crippen molar-refractivity contribution >= 4 is 5.91 Å². The van der Waals surface area contributed by atoms with E-state index in [1.807, 2.05) is 0 Å². The summed E-state index contributed by atoms with van der Waals surface area (Å²) in [5.74, 6) is 0.143. The number of carbonyl (C=O) groups is 1. The van der Waals surface area contributed by atoms with E-state index in [0.717, 1.165) is 56.0 Å². The monoisotopic (exact) mass is 570 g/mol. The van der Waals surface area contributed by atoms with Gasteiger partial charge in [0.15, 0.2) is 0 Å². The molecule has 2 fully saturated rings. The number of halogens is 5. The molecule has 1 amide bonds. The van der Waals surface area contributed by atoms with Crippen molar-refractivity contribution in [1.82, 2.24) is 10.2 Å². The van der Waals surface area contributed by atoms with E-state index in [4.69, 9.17) is 0 Å². The van der Waals surface area contributed by atoms with Crippen LogP contribution in [0, 0.1) is 23.5 Å². The molecule has 0 spiro atoms. The van der Waals surface area contributed by atoms with Crippen LogP contribution in [0.25, 0.3) is 0 Å². The van der Waals surface area contributed by atoms with Crippen LogP contribution >= 0.6 is 0 Å². The molecule has 1 saturated heterocycles. The van der Waals surface area contributed by atoms with E-state index in [-0.39, 0.29) is 29.5 Å². The number of alkyl halides is 3. The largest absolute Gasteiger partial charge is 0.416 e. The lowest BCUT2D eigenvalue weighted by molar-refractivity contribution is -0.137. The van der Waals surface area contributed by atoms with Gasteiger partial charge in [-0.1, -0.05) is 48.9 Å². The zero-order chi connectivity index (χ0) is 29.0. The normalized spacial score (nSPS) is 20.9. The maximum Gasteiger partial charge on any atom is 0.416 e. The van der Waals surface area contributed by atoms with Crippen molar-refractivity contribution in [3.05, 3.63) is 107 Å². The minimum Gasteiger partial charge on any atom is -0.353 e. The SMILES string of the molecule is O=C(CCCCC(c1ccc(F)cc1)c1ccc(F)cc1)NC1CCC2CN(Cc3cccc(C(F)(F)F)c3)CC21. The molecule has 218 valence electrons. The summed E-state index contributed by atoms with van der Waals surface area (Å²) < 4.78 is 66.3. The smallest absolute Gasteiger partial charge is 0.353 e. The van der Waals surface area contributed by atoms with Crippen molar-refractivity contribution in [2.24, 2.45) is 11.8 Å². The summed E-state index contributed by atoms with van der Waals surface area (Å²) in [6.45, 7) is 2.07. The van der Waals surface area contributed by atoms with E-state index in [1.54, 1.807) is 30.3 Å². The van der Waals surface area contributed by atoms with Gasteiger partial charge in [-0.25, -0.2) is 8.78 Å². The van der Waals surface area contributed by atoms with E-state index in [1.165, 1.54) is 36.4 Å². The molecule has 3 aromatic carbocycles. The number of hydrogen-bond acceptors (Lipinski definition) is 2. The molecule has 3 atom stereocenters. The van der Waals surface area contributed by atoms with E-state index in [0.29, 0.717) is 36.8 Å². The number of hydrogen-bond donors (Lipinski definition) is 1. The van der Waals surface area contributed by atoms with Crippen LogP contribution in [0.1, 0.15) is 66.7 Å². The van der Waals surface area contributed by atoms with E-state index in [9.17, 15) is 26.7 Å². The standard InChI is InChI=1S/C33H35F5N2O/c34-27-13-8-23(9-14-27)29(24-10-15-28(35)16-11-24)6-1-2-7-32(41)39-31-17-12-25-20-40(21-30(25)31)19-22-4-3-5-26(18-22)33(36,37)38/h3-5,8-11,13-16,18,25,29-31H,1-2,6-7,12,17,19-21H2,(H,39,41). The topological polar surface area (TPSA) is 32.3 Å². The molecule has 0 aromatic heterocycles. The number of rotatable bonds is 10. The van der Waals surface area contributed by atoms with Crippen molar-refractivity contribution in [3.63, 3.8) is 0 Å². The third kappa shape index (κ3) is 7.53. The van der Waals surface area contributed by atoms with Crippen molar-refractivity contribution in [1.29, 1.82) is 0 Å². The van der Waals surface area contributed by atoms with Gasteiger partial charge >= 0.3 is 6.18 Å². The minimum atomic E-state index is -4.35. The third-order valence-corrected chi connectivity index (χ3v) is 8.63. The van der Waals surface area contributed by atoms with E-state index >= 15 is 0 Å². The minimum absolute atomic E-state index is 0.0175. The van der Waals surface area contributed by atoms with Gasteiger partial charge in [-0.3, -0.25) is 9.69 Å². The summed E-state index contributed by atoms with van der Waals surface area (Å²) in [6.07, 6.45) is 0.225. The van der Waals surface area contributed by atoms with Gasteiger partial charge in [0, 0.05) is 38.0 Å². The highest BCUT2D eigenvalue weighted by Crippen LogP contribution is 2.39. The summed E-state index contributed by atoms with van der Waals surface area (Å²) in [6, 6.07) is 18.3. The second-order valence-electron chi connectivity index (χ2n) is 11.5. The number of likely N-dealkylation sites (tertiary alicyclic amines) is 1. The predicted octanol–water partition coefficient (Wildman–Crippen LogP) is 7.70. The maximum absolute atomic E-state index is 13.5. The molecule has 2 aliphatic rings. The van der Waals surface area contributed by atoms with Crippen LogP contribution in [0.4, 0.5) is 22.0 Å². The summed E-state index contributed by atoms with van der Waals surface area (Å²) in [7, 11) is 0. The van der Waals surface area contributed by atoms with Crippen LogP contribution in [0.5, 0.6) is 0 Å². The highest BCUT2D eigenvalue weighted by molar-refractivity contribution is 5.76. The Kier molecular flexibility index (Phi) is 9.07. The highest BCUT2D eigenvalue weighted by Gasteiger charge is 2.43. The summed E-state index contributed by atoms with van der Waals surface area (Å²) >= 11 is 0. The number of unbranched alkanes of at least 4 members (excludes halogenated alkanes) is 1. The van der Waals surface area contributed by atoms with E-state index < -0.39 is 11.7 Å². The number of benzene rings is 3. The maximum atomic E-state index is 13.5. The number of carbonyl (C=O) groups excluding carboxylic acids is 1. The molecular formula is C33H35F5N2O. The van der Waals surface area contributed by atoms with Crippen LogP contribution in [-0.2, 0) is 17.5 Å². The first-order valence-electron chi connectivity index (χ1n) is 14.3. The van der Waals surface area contributed by atoms with Crippen LogP contribution in [0.2, 0.25) is 0 Å². The van der Waals surface area contributed by atoms with Gasteiger partial charge in [0.05, 0.1) is 5.56 Å². The van der Waals surface area contributed by atoms with Gasteiger partial charge in [0.25, 0.3) is 0 Å². The molecule has 3 nitrogen and oxygen atoms in total. The Labute approximate surface area is 237 Å². The lowest BCUT2D eigenvalue weighted by atomic mass is 9.87. The summed E-state index contributed by atoms with van der Waals surface area (Å²) in [4.78, 5) is 15.0. The van der Waals surface area contributed by atoms with E-state index in [2.05, 4.69) is 10.2 Å². The molecule has 1 saturated carbocycles. The Hall–Kier alpha value is -3.26. The molecule has 1 N–H and O–H groups in total. The summed E-state index contributed by atoms with van der Waals surface area (Å²) in [5, 5.41) is 3.23. The van der Waals surface area contributed by atoms with Gasteiger partial charge in [0.1, 0.15) is 11.6 Å². The predicted molar refractivity (Wildman–Crippen MR) is 148 cm³/mol. The van der Waals surface area contributed by atoms with Crippen LogP contribution in [0.15, 0.2) is 72.8 Å². The second-order valence-corrected chi connectivity index (χ2v) is 11.5. The fraction of sp³-hybridized carbons (Fsp3) is 0.424. The van der Waals surface area contributed by atoms with Crippen LogP contribution in [-0.4, -0.2) is 29.9 Å². The van der Waals surface area contributed by atoms with Gasteiger partial charge in [0.2, 0.25) is 5.91 Å². The number of amides is 1. The van der Waals surface area contributed by atoms with Gasteiger partial charge in [-0.2, -0.15) is 13.2 Å². The average Bonchev–Trinajstić information content (AvgIpc) is 3.50. The Morgan fingerprint density at radius 3 is 2.17 bits per heavy atom. The third-order valence-electron chi connectivity index (χ3n) is 8.63. The first kappa shape index (κ1) is 29.2. The van der Waals surface area contributed by atoms with Crippen LogP contribution in [0.3, 0.4) is 0 Å². The Balaban J connectivity index is 1.10. The fourth-order valence-electron chi connectivity index (χ4n) is 6.60. The molecule has 1 aliphatic carbocycles. The lowest BCUT2D eigenvalue weighted by Gasteiger charge is -2.22. The quantitative estimate of drug-likeness (QED) is 0.200. The Bertz CT molecular complexity index is 1260. The molecule has 5 rings (SSSR count). The van der Waals surface area contributed by atoms with Crippen molar-refractivity contribution in [3.8, 4) is 0 Å². The van der Waals surface area contributed by atoms with Gasteiger partial charge in [-0.05, 0) is 84.5 Å². The van der Waals surface area contributed by atoms with Crippen LogP contribution < -0.4 is 5.32 Å². The fourth-order valence-corrected chi connectivity index (χ4v) is 6.60. The lowest BCUT2D eigenvalue weighted by Crippen LogP contribution is -2.39. The molecule has 0 bridgehead atoms. The van der Waals surface area contributed by atoms with Crippen molar-refractivity contribution in [2.75, 3.05) is 13.1 Å². The highest BCUT2D eigenvalue weighted by atomic mass is 19.4. The zero-order valence-electron chi connectivity index (χ0n) is 22.8. The summed E-state index contributed by atoms with van der Waals surface area (Å²) in [5.41, 5.74) is 1.94. The zero-order valence-corrected chi connectivity index (χ0v) is 22.8. The number of fused-ring (bicyclic) bond motifs is 1. The molecular weight excluding hydrogens is 535 g/mol. The Morgan fingerprint density at radius 2 is 1.54 bits per heavy atom. The van der Waals surface area contributed by atoms with Crippen molar-refractivity contribution < 1.29 is 26.7 Å². The first-order chi connectivity index (χ1) is 19.7.